The van der Waals surface area contributed by atoms with Crippen LogP contribution in [0.4, 0.5) is 0 Å². The molecule has 3 rings (SSSR count). The minimum absolute atomic E-state index is 0.0320. The van der Waals surface area contributed by atoms with Crippen LogP contribution in [0.1, 0.15) is 20.3 Å². The standard InChI is InChI=1S/C19H20ClN3O2S/c1-12(2)7-8-21-16(24)9-23-11-22-18-17(19(23)25)15(10-26-18)13-3-5-14(20)6-4-13/h3-6,10-12H,7-9H2,1-2H3,(H,21,24). The number of amides is 1. The number of nitrogens with one attached hydrogen (secondary N) is 1. The summed E-state index contributed by atoms with van der Waals surface area (Å²) in [7, 11) is 0. The van der Waals surface area contributed by atoms with Crippen molar-refractivity contribution in [3.63, 3.8) is 0 Å². The molecule has 1 N–H and O–H groups in total. The number of fused-ring (bicyclic) bond motifs is 1. The van der Waals surface area contributed by atoms with Crippen molar-refractivity contribution < 1.29 is 4.79 Å². The summed E-state index contributed by atoms with van der Waals surface area (Å²) in [5.74, 6) is 0.334. The molecule has 136 valence electrons. The molecule has 3 aromatic rings. The van der Waals surface area contributed by atoms with Gasteiger partial charge in [0.2, 0.25) is 5.91 Å². The van der Waals surface area contributed by atoms with Gasteiger partial charge in [0, 0.05) is 22.5 Å². The maximum Gasteiger partial charge on any atom is 0.263 e. The Bertz CT molecular complexity index is 977. The molecule has 2 heterocycles. The molecule has 0 unspecified atom stereocenters. The highest BCUT2D eigenvalue weighted by Crippen LogP contribution is 2.31. The van der Waals surface area contributed by atoms with Gasteiger partial charge in [0.05, 0.1) is 11.7 Å². The highest BCUT2D eigenvalue weighted by atomic mass is 35.5. The lowest BCUT2D eigenvalue weighted by atomic mass is 10.1. The first-order valence-corrected chi connectivity index (χ1v) is 9.70. The Hall–Kier alpha value is -2.18. The maximum absolute atomic E-state index is 12.9. The lowest BCUT2D eigenvalue weighted by Crippen LogP contribution is -2.33. The van der Waals surface area contributed by atoms with Gasteiger partial charge in [-0.05, 0) is 30.0 Å². The van der Waals surface area contributed by atoms with Crippen LogP contribution in [-0.2, 0) is 11.3 Å². The summed E-state index contributed by atoms with van der Waals surface area (Å²) in [5.41, 5.74) is 1.51. The van der Waals surface area contributed by atoms with E-state index in [0.29, 0.717) is 27.7 Å². The van der Waals surface area contributed by atoms with E-state index in [9.17, 15) is 9.59 Å². The van der Waals surface area contributed by atoms with Crippen LogP contribution in [0, 0.1) is 5.92 Å². The SMILES string of the molecule is CC(C)CCNC(=O)Cn1cnc2scc(-c3ccc(Cl)cc3)c2c1=O. The summed E-state index contributed by atoms with van der Waals surface area (Å²) in [6.07, 6.45) is 2.35. The molecule has 0 fully saturated rings. The molecule has 0 atom stereocenters. The van der Waals surface area contributed by atoms with Crippen molar-refractivity contribution in [2.75, 3.05) is 6.54 Å². The third-order valence-electron chi connectivity index (χ3n) is 4.07. The van der Waals surface area contributed by atoms with E-state index in [1.165, 1.54) is 22.2 Å². The first-order chi connectivity index (χ1) is 12.5. The molecule has 2 aromatic heterocycles. The van der Waals surface area contributed by atoms with Crippen LogP contribution in [0.5, 0.6) is 0 Å². The molecule has 5 nitrogen and oxygen atoms in total. The molecular weight excluding hydrogens is 370 g/mol. The number of halogens is 1. The molecule has 0 spiro atoms. The second-order valence-electron chi connectivity index (χ2n) is 6.55. The first kappa shape index (κ1) is 18.6. The van der Waals surface area contributed by atoms with Crippen LogP contribution < -0.4 is 10.9 Å². The Morgan fingerprint density at radius 2 is 2.04 bits per heavy atom. The molecule has 0 aliphatic carbocycles. The molecule has 0 radical (unpaired) electrons. The maximum atomic E-state index is 12.9. The normalized spacial score (nSPS) is 11.2. The fraction of sp³-hybridized carbons (Fsp3) is 0.316. The van der Waals surface area contributed by atoms with E-state index in [4.69, 9.17) is 11.6 Å². The van der Waals surface area contributed by atoms with Crippen molar-refractivity contribution in [2.24, 2.45) is 5.92 Å². The van der Waals surface area contributed by atoms with Gasteiger partial charge < -0.3 is 5.32 Å². The van der Waals surface area contributed by atoms with E-state index < -0.39 is 0 Å². The average Bonchev–Trinajstić information content (AvgIpc) is 3.02. The zero-order valence-corrected chi connectivity index (χ0v) is 16.2. The summed E-state index contributed by atoms with van der Waals surface area (Å²) >= 11 is 7.36. The fourth-order valence-electron chi connectivity index (χ4n) is 2.63. The number of hydrogen-bond donors (Lipinski definition) is 1. The predicted molar refractivity (Wildman–Crippen MR) is 107 cm³/mol. The van der Waals surface area contributed by atoms with Gasteiger partial charge >= 0.3 is 0 Å². The molecule has 0 aliphatic rings. The highest BCUT2D eigenvalue weighted by molar-refractivity contribution is 7.17. The minimum atomic E-state index is -0.208. The van der Waals surface area contributed by atoms with Gasteiger partial charge in [-0.2, -0.15) is 0 Å². The molecule has 1 amide bonds. The third-order valence-corrected chi connectivity index (χ3v) is 5.21. The summed E-state index contributed by atoms with van der Waals surface area (Å²) < 4.78 is 1.36. The van der Waals surface area contributed by atoms with Gasteiger partial charge in [0.15, 0.2) is 0 Å². The van der Waals surface area contributed by atoms with Crippen LogP contribution in [0.15, 0.2) is 40.8 Å². The Morgan fingerprint density at radius 3 is 2.73 bits per heavy atom. The number of hydrogen-bond acceptors (Lipinski definition) is 4. The van der Waals surface area contributed by atoms with E-state index in [0.717, 1.165) is 17.5 Å². The van der Waals surface area contributed by atoms with E-state index >= 15 is 0 Å². The summed E-state index contributed by atoms with van der Waals surface area (Å²) in [6, 6.07) is 7.33. The van der Waals surface area contributed by atoms with Crippen molar-refractivity contribution in [2.45, 2.75) is 26.8 Å². The highest BCUT2D eigenvalue weighted by Gasteiger charge is 2.14. The van der Waals surface area contributed by atoms with Crippen molar-refractivity contribution in [3.8, 4) is 11.1 Å². The van der Waals surface area contributed by atoms with E-state index in [-0.39, 0.29) is 18.0 Å². The van der Waals surface area contributed by atoms with Gasteiger partial charge in [-0.25, -0.2) is 4.98 Å². The largest absolute Gasteiger partial charge is 0.355 e. The number of thiophene rings is 1. The van der Waals surface area contributed by atoms with Crippen LogP contribution in [0.2, 0.25) is 5.02 Å². The summed E-state index contributed by atoms with van der Waals surface area (Å²) in [4.78, 5) is 30.0. The van der Waals surface area contributed by atoms with Gasteiger partial charge in [-0.3, -0.25) is 14.2 Å². The second-order valence-corrected chi connectivity index (χ2v) is 7.84. The van der Waals surface area contributed by atoms with Crippen LogP contribution >= 0.6 is 22.9 Å². The molecule has 0 aliphatic heterocycles. The monoisotopic (exact) mass is 389 g/mol. The minimum Gasteiger partial charge on any atom is -0.355 e. The van der Waals surface area contributed by atoms with E-state index in [2.05, 4.69) is 24.1 Å². The van der Waals surface area contributed by atoms with Gasteiger partial charge in [-0.15, -0.1) is 11.3 Å². The van der Waals surface area contributed by atoms with Gasteiger partial charge in [0.25, 0.3) is 5.56 Å². The third kappa shape index (κ3) is 4.14. The van der Waals surface area contributed by atoms with E-state index in [1.54, 1.807) is 12.1 Å². The molecule has 0 bridgehead atoms. The molecular formula is C19H20ClN3O2S. The van der Waals surface area contributed by atoms with Crippen LogP contribution in [0.3, 0.4) is 0 Å². The number of rotatable bonds is 6. The quantitative estimate of drug-likeness (QED) is 0.694. The smallest absolute Gasteiger partial charge is 0.263 e. The average molecular weight is 390 g/mol. The molecule has 26 heavy (non-hydrogen) atoms. The predicted octanol–water partition coefficient (Wildman–Crippen LogP) is 3.94. The van der Waals surface area contributed by atoms with Crippen molar-refractivity contribution >= 4 is 39.1 Å². The van der Waals surface area contributed by atoms with E-state index in [1.807, 2.05) is 17.5 Å². The fourth-order valence-corrected chi connectivity index (χ4v) is 3.67. The lowest BCUT2D eigenvalue weighted by Gasteiger charge is -2.09. The van der Waals surface area contributed by atoms with Gasteiger partial charge in [-0.1, -0.05) is 37.6 Å². The van der Waals surface area contributed by atoms with Crippen LogP contribution in [0.25, 0.3) is 21.3 Å². The molecule has 1 aromatic carbocycles. The summed E-state index contributed by atoms with van der Waals surface area (Å²) in [6.45, 7) is 4.78. The van der Waals surface area contributed by atoms with Crippen LogP contribution in [-0.4, -0.2) is 22.0 Å². The summed E-state index contributed by atoms with van der Waals surface area (Å²) in [5, 5.41) is 5.94. The zero-order valence-electron chi connectivity index (χ0n) is 14.7. The molecule has 0 saturated carbocycles. The topological polar surface area (TPSA) is 64.0 Å². The Morgan fingerprint density at radius 1 is 1.31 bits per heavy atom. The first-order valence-electron chi connectivity index (χ1n) is 8.45. The number of benzene rings is 1. The zero-order chi connectivity index (χ0) is 18.7. The Labute approximate surface area is 160 Å². The Kier molecular flexibility index (Phi) is 5.74. The Balaban J connectivity index is 1.88. The molecule has 7 heteroatoms. The lowest BCUT2D eigenvalue weighted by molar-refractivity contribution is -0.121. The number of aromatic nitrogens is 2. The van der Waals surface area contributed by atoms with Gasteiger partial charge in [0.1, 0.15) is 11.4 Å². The number of carbonyl (C=O) groups is 1. The van der Waals surface area contributed by atoms with Crippen molar-refractivity contribution in [1.29, 1.82) is 0 Å². The van der Waals surface area contributed by atoms with Crippen molar-refractivity contribution in [3.05, 3.63) is 51.3 Å². The number of carbonyl (C=O) groups excluding carboxylic acids is 1. The number of nitrogens with zero attached hydrogens (tertiary/aromatic N) is 2. The molecule has 0 saturated heterocycles. The second kappa shape index (κ2) is 8.01. The van der Waals surface area contributed by atoms with Crippen molar-refractivity contribution in [1.82, 2.24) is 14.9 Å².